The van der Waals surface area contributed by atoms with Gasteiger partial charge >= 0.3 is 0 Å². The van der Waals surface area contributed by atoms with Gasteiger partial charge < -0.3 is 14.4 Å². The van der Waals surface area contributed by atoms with E-state index in [2.05, 4.69) is 66.1 Å². The molecule has 6 rings (SSSR count). The Kier molecular flexibility index (Phi) is 8.51. The van der Waals surface area contributed by atoms with Crippen molar-refractivity contribution in [3.8, 4) is 22.5 Å². The van der Waals surface area contributed by atoms with Gasteiger partial charge in [0.2, 0.25) is 5.71 Å². The fourth-order valence-electron chi connectivity index (χ4n) is 4.38. The molecule has 6 aromatic rings. The number of aryl methyl sites for hydroxylation is 3. The summed E-state index contributed by atoms with van der Waals surface area (Å²) in [7, 11) is 0. The van der Waals surface area contributed by atoms with Crippen molar-refractivity contribution in [3.05, 3.63) is 114 Å². The van der Waals surface area contributed by atoms with Crippen LogP contribution in [-0.2, 0) is 20.1 Å². The Balaban J connectivity index is 0.000000204. The summed E-state index contributed by atoms with van der Waals surface area (Å²) < 4.78 is 6.07. The molecule has 0 aliphatic carbocycles. The molecular weight excluding hydrogens is 647 g/mol. The Bertz CT molecular complexity index is 1670. The van der Waals surface area contributed by atoms with Crippen LogP contribution in [0.25, 0.3) is 44.6 Å². The number of aromatic nitrogens is 3. The van der Waals surface area contributed by atoms with E-state index in [9.17, 15) is 0 Å². The molecule has 0 bridgehead atoms. The van der Waals surface area contributed by atoms with E-state index in [0.717, 1.165) is 44.6 Å². The first-order chi connectivity index (χ1) is 17.9. The van der Waals surface area contributed by atoms with Gasteiger partial charge in [0.25, 0.3) is 0 Å². The van der Waals surface area contributed by atoms with Gasteiger partial charge in [0.05, 0.1) is 5.58 Å². The van der Waals surface area contributed by atoms with Crippen LogP contribution in [0, 0.1) is 32.9 Å². The molecule has 0 saturated heterocycles. The van der Waals surface area contributed by atoms with Crippen LogP contribution in [0.5, 0.6) is 0 Å². The first-order valence-corrected chi connectivity index (χ1v) is 12.5. The zero-order valence-corrected chi connectivity index (χ0v) is 24.6. The Morgan fingerprint density at radius 2 is 1.61 bits per heavy atom. The third-order valence-corrected chi connectivity index (χ3v) is 6.36. The van der Waals surface area contributed by atoms with Gasteiger partial charge in [0, 0.05) is 43.6 Å². The first kappa shape index (κ1) is 27.4. The number of benzene rings is 2. The normalized spacial score (nSPS) is 10.8. The molecule has 4 aromatic heterocycles. The maximum atomic E-state index is 6.07. The molecule has 0 spiro atoms. The monoisotopic (exact) mass is 676 g/mol. The summed E-state index contributed by atoms with van der Waals surface area (Å²) >= 11 is 0. The van der Waals surface area contributed by atoms with Crippen LogP contribution >= 0.6 is 0 Å². The maximum absolute atomic E-state index is 6.07. The zero-order valence-electron chi connectivity index (χ0n) is 22.2. The van der Waals surface area contributed by atoms with E-state index in [1.165, 1.54) is 16.7 Å². The predicted octanol–water partition coefficient (Wildman–Crippen LogP) is 8.44. The van der Waals surface area contributed by atoms with Gasteiger partial charge in [-0.2, -0.15) is 0 Å². The van der Waals surface area contributed by atoms with E-state index in [0.29, 0.717) is 11.6 Å². The number of rotatable bonds is 3. The van der Waals surface area contributed by atoms with Crippen molar-refractivity contribution in [2.75, 3.05) is 0 Å². The molecule has 1 radical (unpaired) electrons. The number of furan rings is 1. The van der Waals surface area contributed by atoms with Crippen LogP contribution in [0.4, 0.5) is 0 Å². The molecule has 5 heteroatoms. The molecule has 0 N–H and O–H groups in total. The number of fused-ring (bicyclic) bond motifs is 3. The minimum absolute atomic E-state index is 0. The van der Waals surface area contributed by atoms with Gasteiger partial charge in [-0.3, -0.25) is 0 Å². The Morgan fingerprint density at radius 1 is 0.789 bits per heavy atom. The van der Waals surface area contributed by atoms with Gasteiger partial charge in [-0.25, -0.2) is 4.98 Å². The van der Waals surface area contributed by atoms with Gasteiger partial charge in [0.15, 0.2) is 0 Å². The molecule has 0 atom stereocenters. The molecular formula is C33H29IrN3O-2. The average molecular weight is 676 g/mol. The van der Waals surface area contributed by atoms with Crippen LogP contribution in [0.3, 0.4) is 0 Å². The van der Waals surface area contributed by atoms with Gasteiger partial charge in [-0.1, -0.05) is 43.0 Å². The Labute approximate surface area is 237 Å². The molecule has 0 aliphatic heterocycles. The van der Waals surface area contributed by atoms with Gasteiger partial charge in [0.1, 0.15) is 0 Å². The van der Waals surface area contributed by atoms with Gasteiger partial charge in [-0.05, 0) is 66.9 Å². The second-order valence-corrected chi connectivity index (χ2v) is 9.58. The molecule has 4 heterocycles. The smallest absolute Gasteiger partial charge is 0.216 e. The number of hydrogen-bond donors (Lipinski definition) is 0. The van der Waals surface area contributed by atoms with E-state index in [4.69, 9.17) is 4.42 Å². The Hall–Kier alpha value is -3.66. The van der Waals surface area contributed by atoms with Crippen LogP contribution in [0.15, 0.2) is 83.5 Å². The number of hydrogen-bond acceptors (Lipinski definition) is 4. The molecule has 4 nitrogen and oxygen atoms in total. The fourth-order valence-corrected chi connectivity index (χ4v) is 4.38. The van der Waals surface area contributed by atoms with Gasteiger partial charge in [-0.15, -0.1) is 54.1 Å². The topological polar surface area (TPSA) is 51.8 Å². The standard InChI is InChI=1S/C21H19N2O.C12H10N.Ir/c1-12(2)18-10-19(22-11-13(18)3)17-7-5-6-15-16-9-8-14(4)23-21(16)24-20(15)17;1-10-7-8-12(13-9-10)11-5-3-2-4-6-11;/h5-6,8-12H,1-4H3;2-5,7-9H,1H3;/q2*-1;. The van der Waals surface area contributed by atoms with E-state index in [1.807, 2.05) is 74.8 Å². The van der Waals surface area contributed by atoms with Crippen molar-refractivity contribution in [1.29, 1.82) is 0 Å². The number of pyridine rings is 3. The van der Waals surface area contributed by atoms with Crippen LogP contribution in [0.2, 0.25) is 0 Å². The van der Waals surface area contributed by atoms with Crippen molar-refractivity contribution in [2.24, 2.45) is 0 Å². The molecule has 0 aliphatic rings. The van der Waals surface area contributed by atoms with E-state index >= 15 is 0 Å². The molecule has 38 heavy (non-hydrogen) atoms. The summed E-state index contributed by atoms with van der Waals surface area (Å²) in [5.41, 5.74) is 9.92. The largest absolute Gasteiger partial charge is 0.486 e. The molecule has 0 amide bonds. The van der Waals surface area contributed by atoms with Crippen molar-refractivity contribution >= 4 is 22.1 Å². The minimum atomic E-state index is 0. The summed E-state index contributed by atoms with van der Waals surface area (Å²) in [6.07, 6.45) is 3.80. The molecule has 0 unspecified atom stereocenters. The third kappa shape index (κ3) is 5.75. The van der Waals surface area contributed by atoms with Crippen molar-refractivity contribution in [3.63, 3.8) is 0 Å². The minimum Gasteiger partial charge on any atom is -0.486 e. The van der Waals surface area contributed by atoms with E-state index in [1.54, 1.807) is 0 Å². The molecule has 2 aromatic carbocycles. The van der Waals surface area contributed by atoms with Crippen LogP contribution < -0.4 is 0 Å². The van der Waals surface area contributed by atoms with Crippen LogP contribution in [-0.4, -0.2) is 15.0 Å². The van der Waals surface area contributed by atoms with E-state index in [-0.39, 0.29) is 20.1 Å². The summed E-state index contributed by atoms with van der Waals surface area (Å²) in [6.45, 7) is 10.5. The van der Waals surface area contributed by atoms with Crippen molar-refractivity contribution in [2.45, 2.75) is 40.5 Å². The second-order valence-electron chi connectivity index (χ2n) is 9.58. The SMILES string of the molecule is Cc1ccc(-c2[c-]cccc2)nc1.Cc1ccc2c(n1)oc1c(-c3cc(C(C)C)c(C)cn3)[c-]ccc12.[Ir]. The van der Waals surface area contributed by atoms with Crippen molar-refractivity contribution in [1.82, 2.24) is 15.0 Å². The van der Waals surface area contributed by atoms with E-state index < -0.39 is 0 Å². The summed E-state index contributed by atoms with van der Waals surface area (Å²) in [5.74, 6) is 0.450. The zero-order chi connectivity index (χ0) is 25.9. The summed E-state index contributed by atoms with van der Waals surface area (Å²) in [4.78, 5) is 13.4. The molecule has 0 saturated carbocycles. The predicted molar refractivity (Wildman–Crippen MR) is 150 cm³/mol. The fraction of sp³-hybridized carbons (Fsp3) is 0.182. The summed E-state index contributed by atoms with van der Waals surface area (Å²) in [5, 5.41) is 2.08. The summed E-state index contributed by atoms with van der Waals surface area (Å²) in [6, 6.07) is 28.6. The van der Waals surface area contributed by atoms with Crippen LogP contribution in [0.1, 0.15) is 42.1 Å². The average Bonchev–Trinajstić information content (AvgIpc) is 3.28. The van der Waals surface area contributed by atoms with Crippen molar-refractivity contribution < 1.29 is 24.5 Å². The molecule has 193 valence electrons. The third-order valence-electron chi connectivity index (χ3n) is 6.36. The quantitative estimate of drug-likeness (QED) is 0.177. The second kappa shape index (κ2) is 11.8. The molecule has 0 fully saturated rings. The Morgan fingerprint density at radius 3 is 2.32 bits per heavy atom. The maximum Gasteiger partial charge on any atom is 0.216 e. The number of nitrogens with zero attached hydrogens (tertiary/aromatic N) is 3. The first-order valence-electron chi connectivity index (χ1n) is 12.5.